The van der Waals surface area contributed by atoms with Gasteiger partial charge in [0, 0.05) is 16.2 Å². The summed E-state index contributed by atoms with van der Waals surface area (Å²) in [5.74, 6) is 0.837. The van der Waals surface area contributed by atoms with E-state index in [9.17, 15) is 4.79 Å². The van der Waals surface area contributed by atoms with E-state index in [2.05, 4.69) is 26.6 Å². The summed E-state index contributed by atoms with van der Waals surface area (Å²) in [5.41, 5.74) is 1.11. The quantitative estimate of drug-likeness (QED) is 0.700. The Morgan fingerprint density at radius 2 is 1.96 bits per heavy atom. The Morgan fingerprint density at radius 1 is 1.20 bits per heavy atom. The Bertz CT molecular complexity index is 781. The molecule has 0 aliphatic carbocycles. The standard InChI is InChI=1S/C18H19BrN2O3S/c1-11(2)24-14-6-4-5-13(10-14)20-18(25)21-17(22)15-9-12(19)7-8-16(15)23-3/h4-11H,1-3H3,(H2,20,21,22,25). The van der Waals surface area contributed by atoms with Crippen molar-refractivity contribution in [2.45, 2.75) is 20.0 Å². The summed E-state index contributed by atoms with van der Waals surface area (Å²) in [4.78, 5) is 12.4. The molecule has 0 aliphatic rings. The molecule has 2 N–H and O–H groups in total. The van der Waals surface area contributed by atoms with Gasteiger partial charge in [0.1, 0.15) is 11.5 Å². The lowest BCUT2D eigenvalue weighted by Crippen LogP contribution is -2.34. The van der Waals surface area contributed by atoms with Gasteiger partial charge in [-0.25, -0.2) is 0 Å². The van der Waals surface area contributed by atoms with Gasteiger partial charge in [0.15, 0.2) is 5.11 Å². The number of ether oxygens (including phenoxy) is 2. The van der Waals surface area contributed by atoms with Crippen LogP contribution in [0.5, 0.6) is 11.5 Å². The largest absolute Gasteiger partial charge is 0.496 e. The van der Waals surface area contributed by atoms with Crippen molar-refractivity contribution in [3.63, 3.8) is 0 Å². The van der Waals surface area contributed by atoms with E-state index in [0.717, 1.165) is 15.9 Å². The van der Waals surface area contributed by atoms with E-state index in [0.29, 0.717) is 11.3 Å². The Labute approximate surface area is 160 Å². The van der Waals surface area contributed by atoms with Crippen LogP contribution in [0.2, 0.25) is 0 Å². The molecular weight excluding hydrogens is 404 g/mol. The van der Waals surface area contributed by atoms with Crippen molar-refractivity contribution in [2.24, 2.45) is 0 Å². The van der Waals surface area contributed by atoms with Gasteiger partial charge in [0.25, 0.3) is 5.91 Å². The number of hydrogen-bond acceptors (Lipinski definition) is 4. The third kappa shape index (κ3) is 5.72. The summed E-state index contributed by atoms with van der Waals surface area (Å²) in [6.07, 6.45) is 0.0749. The van der Waals surface area contributed by atoms with Gasteiger partial charge >= 0.3 is 0 Å². The van der Waals surface area contributed by atoms with Crippen LogP contribution in [0.15, 0.2) is 46.9 Å². The van der Waals surface area contributed by atoms with Crippen molar-refractivity contribution in [2.75, 3.05) is 12.4 Å². The summed E-state index contributed by atoms with van der Waals surface area (Å²) in [7, 11) is 1.51. The highest BCUT2D eigenvalue weighted by molar-refractivity contribution is 9.10. The van der Waals surface area contributed by atoms with E-state index in [1.807, 2.05) is 38.1 Å². The van der Waals surface area contributed by atoms with Crippen LogP contribution >= 0.6 is 28.1 Å². The number of methoxy groups -OCH3 is 1. The van der Waals surface area contributed by atoms with E-state index in [-0.39, 0.29) is 17.1 Å². The van der Waals surface area contributed by atoms with Crippen molar-refractivity contribution < 1.29 is 14.3 Å². The number of amides is 1. The Hall–Kier alpha value is -2.12. The van der Waals surface area contributed by atoms with Gasteiger partial charge in [0.2, 0.25) is 0 Å². The van der Waals surface area contributed by atoms with Crippen LogP contribution in [-0.2, 0) is 0 Å². The first-order valence-electron chi connectivity index (χ1n) is 7.61. The SMILES string of the molecule is COc1ccc(Br)cc1C(=O)NC(=S)Nc1cccc(OC(C)C)c1. The first-order valence-corrected chi connectivity index (χ1v) is 8.81. The second kappa shape index (κ2) is 8.82. The minimum Gasteiger partial charge on any atom is -0.496 e. The van der Waals surface area contributed by atoms with E-state index >= 15 is 0 Å². The Kier molecular flexibility index (Phi) is 6.78. The van der Waals surface area contributed by atoms with E-state index in [4.69, 9.17) is 21.7 Å². The zero-order valence-corrected chi connectivity index (χ0v) is 16.5. The highest BCUT2D eigenvalue weighted by Crippen LogP contribution is 2.23. The fourth-order valence-electron chi connectivity index (χ4n) is 2.11. The third-order valence-electron chi connectivity index (χ3n) is 3.10. The zero-order valence-electron chi connectivity index (χ0n) is 14.1. The number of carbonyl (C=O) groups excluding carboxylic acids is 1. The van der Waals surface area contributed by atoms with Crippen molar-refractivity contribution in [1.29, 1.82) is 0 Å². The van der Waals surface area contributed by atoms with Gasteiger partial charge in [-0.05, 0) is 56.4 Å². The lowest BCUT2D eigenvalue weighted by molar-refractivity contribution is 0.0974. The summed E-state index contributed by atoms with van der Waals surface area (Å²) in [5, 5.41) is 5.81. The number of rotatable bonds is 5. The highest BCUT2D eigenvalue weighted by atomic mass is 79.9. The molecule has 25 heavy (non-hydrogen) atoms. The summed E-state index contributed by atoms with van der Waals surface area (Å²) in [6.45, 7) is 3.91. The highest BCUT2D eigenvalue weighted by Gasteiger charge is 2.14. The molecule has 0 aliphatic heterocycles. The average Bonchev–Trinajstić information content (AvgIpc) is 2.54. The first-order chi connectivity index (χ1) is 11.9. The van der Waals surface area contributed by atoms with Crippen LogP contribution in [0, 0.1) is 0 Å². The van der Waals surface area contributed by atoms with E-state index < -0.39 is 0 Å². The molecule has 5 nitrogen and oxygen atoms in total. The van der Waals surface area contributed by atoms with Gasteiger partial charge in [-0.3, -0.25) is 10.1 Å². The smallest absolute Gasteiger partial charge is 0.261 e. The number of nitrogens with one attached hydrogen (secondary N) is 2. The molecule has 0 unspecified atom stereocenters. The predicted molar refractivity (Wildman–Crippen MR) is 107 cm³/mol. The molecule has 0 heterocycles. The Morgan fingerprint density at radius 3 is 2.64 bits per heavy atom. The van der Waals surface area contributed by atoms with Crippen molar-refractivity contribution in [3.8, 4) is 11.5 Å². The number of hydrogen-bond donors (Lipinski definition) is 2. The first kappa shape index (κ1) is 19.2. The molecule has 0 saturated carbocycles. The third-order valence-corrected chi connectivity index (χ3v) is 3.79. The van der Waals surface area contributed by atoms with Crippen LogP contribution in [0.1, 0.15) is 24.2 Å². The maximum absolute atomic E-state index is 12.4. The molecule has 0 bridgehead atoms. The minimum absolute atomic E-state index is 0.0749. The Balaban J connectivity index is 2.05. The van der Waals surface area contributed by atoms with Crippen LogP contribution in [0.3, 0.4) is 0 Å². The number of thiocarbonyl (C=S) groups is 1. The van der Waals surface area contributed by atoms with Gasteiger partial charge in [-0.2, -0.15) is 0 Å². The average molecular weight is 423 g/mol. The summed E-state index contributed by atoms with van der Waals surface area (Å²) >= 11 is 8.56. The van der Waals surface area contributed by atoms with Crippen LogP contribution in [0.4, 0.5) is 5.69 Å². The fraction of sp³-hybridized carbons (Fsp3) is 0.222. The van der Waals surface area contributed by atoms with Crippen LogP contribution in [-0.4, -0.2) is 24.2 Å². The number of carbonyl (C=O) groups is 1. The van der Waals surface area contributed by atoms with Gasteiger partial charge in [-0.1, -0.05) is 22.0 Å². The molecule has 0 atom stereocenters. The fourth-order valence-corrected chi connectivity index (χ4v) is 2.68. The van der Waals surface area contributed by atoms with E-state index in [1.165, 1.54) is 7.11 Å². The maximum atomic E-state index is 12.4. The summed E-state index contributed by atoms with van der Waals surface area (Å²) in [6, 6.07) is 12.5. The minimum atomic E-state index is -0.356. The lowest BCUT2D eigenvalue weighted by atomic mass is 10.2. The molecule has 2 rings (SSSR count). The van der Waals surface area contributed by atoms with Gasteiger partial charge < -0.3 is 14.8 Å². The molecule has 1 amide bonds. The van der Waals surface area contributed by atoms with Gasteiger partial charge in [-0.15, -0.1) is 0 Å². The van der Waals surface area contributed by atoms with Crippen LogP contribution < -0.4 is 20.1 Å². The molecule has 0 aromatic heterocycles. The second-order valence-electron chi connectivity index (χ2n) is 5.45. The zero-order chi connectivity index (χ0) is 18.4. The molecule has 132 valence electrons. The molecule has 0 saturated heterocycles. The molecule has 2 aromatic carbocycles. The topological polar surface area (TPSA) is 59.6 Å². The van der Waals surface area contributed by atoms with Crippen molar-refractivity contribution in [3.05, 3.63) is 52.5 Å². The van der Waals surface area contributed by atoms with Crippen molar-refractivity contribution >= 4 is 44.9 Å². The number of anilines is 1. The molecule has 2 aromatic rings. The molecular formula is C18H19BrN2O3S. The lowest BCUT2D eigenvalue weighted by Gasteiger charge is -2.14. The predicted octanol–water partition coefficient (Wildman–Crippen LogP) is 4.37. The molecule has 0 fully saturated rings. The number of benzene rings is 2. The normalized spacial score (nSPS) is 10.3. The maximum Gasteiger partial charge on any atom is 0.261 e. The van der Waals surface area contributed by atoms with E-state index in [1.54, 1.807) is 18.2 Å². The van der Waals surface area contributed by atoms with Crippen molar-refractivity contribution in [1.82, 2.24) is 5.32 Å². The second-order valence-corrected chi connectivity index (χ2v) is 6.77. The van der Waals surface area contributed by atoms with Gasteiger partial charge in [0.05, 0.1) is 18.8 Å². The van der Waals surface area contributed by atoms with Crippen LogP contribution in [0.25, 0.3) is 0 Å². The number of halogens is 1. The molecule has 0 radical (unpaired) electrons. The molecule has 0 spiro atoms. The molecule has 7 heteroatoms. The summed E-state index contributed by atoms with van der Waals surface area (Å²) < 4.78 is 11.6. The monoisotopic (exact) mass is 422 g/mol.